The molecule has 6 heteroatoms. The van der Waals surface area contributed by atoms with Crippen molar-refractivity contribution in [2.75, 3.05) is 53.6 Å². The fourth-order valence-corrected chi connectivity index (χ4v) is 4.98. The van der Waals surface area contributed by atoms with Gasteiger partial charge in [-0.15, -0.1) is 0 Å². The third kappa shape index (κ3) is 3.82. The van der Waals surface area contributed by atoms with Gasteiger partial charge in [0.05, 0.1) is 6.61 Å². The van der Waals surface area contributed by atoms with Crippen LogP contribution in [0, 0.1) is 11.3 Å². The Kier molecular flexibility index (Phi) is 5.92. The smallest absolute Gasteiger partial charge is 0.248 e. The zero-order valence-corrected chi connectivity index (χ0v) is 15.5. The summed E-state index contributed by atoms with van der Waals surface area (Å²) < 4.78 is 10.5. The maximum Gasteiger partial charge on any atom is 0.248 e. The van der Waals surface area contributed by atoms with Crippen molar-refractivity contribution in [2.45, 2.75) is 19.4 Å². The molecule has 1 spiro atoms. The van der Waals surface area contributed by atoms with E-state index < -0.39 is 0 Å². The van der Waals surface area contributed by atoms with E-state index in [0.717, 1.165) is 52.2 Å². The Morgan fingerprint density at radius 3 is 2.75 bits per heavy atom. The second-order valence-electron chi connectivity index (χ2n) is 7.13. The lowest BCUT2D eigenvalue weighted by molar-refractivity contribution is -0.138. The van der Waals surface area contributed by atoms with Crippen molar-refractivity contribution in [1.82, 2.24) is 9.80 Å². The van der Waals surface area contributed by atoms with Gasteiger partial charge in [0.15, 0.2) is 0 Å². The highest BCUT2D eigenvalue weighted by Gasteiger charge is 2.48. The number of hydrogen-bond acceptors (Lipinski definition) is 5. The molecule has 0 unspecified atom stereocenters. The number of carbonyl (C=O) groups is 1. The van der Waals surface area contributed by atoms with Crippen molar-refractivity contribution in [1.29, 1.82) is 0 Å². The molecule has 0 radical (unpaired) electrons. The number of thiophene rings is 1. The van der Waals surface area contributed by atoms with Crippen LogP contribution in [0.2, 0.25) is 0 Å². The maximum absolute atomic E-state index is 12.1. The van der Waals surface area contributed by atoms with E-state index in [0.29, 0.717) is 5.92 Å². The van der Waals surface area contributed by atoms with Gasteiger partial charge >= 0.3 is 0 Å². The van der Waals surface area contributed by atoms with Crippen LogP contribution in [0.5, 0.6) is 0 Å². The van der Waals surface area contributed by atoms with Crippen molar-refractivity contribution in [3.63, 3.8) is 0 Å². The average Bonchev–Trinajstić information content (AvgIpc) is 3.18. The molecule has 3 heterocycles. The number of methoxy groups -OCH3 is 2. The number of piperidine rings is 1. The number of carbonyl (C=O) groups excluding carboxylic acids is 1. The molecule has 2 aliphatic heterocycles. The molecular weight excluding hydrogens is 324 g/mol. The molecule has 0 aliphatic carbocycles. The van der Waals surface area contributed by atoms with E-state index in [4.69, 9.17) is 9.47 Å². The number of nitrogens with zero attached hydrogens (tertiary/aromatic N) is 2. The highest BCUT2D eigenvalue weighted by Crippen LogP contribution is 2.45. The first kappa shape index (κ1) is 17.9. The first-order valence-corrected chi connectivity index (χ1v) is 9.60. The van der Waals surface area contributed by atoms with Gasteiger partial charge in [-0.3, -0.25) is 9.69 Å². The predicted molar refractivity (Wildman–Crippen MR) is 95.1 cm³/mol. The number of rotatable bonds is 6. The molecule has 5 nitrogen and oxygen atoms in total. The zero-order chi connectivity index (χ0) is 17.0. The second kappa shape index (κ2) is 7.95. The molecular formula is C18H28N2O3S. The predicted octanol–water partition coefficient (Wildman–Crippen LogP) is 2.08. The van der Waals surface area contributed by atoms with Gasteiger partial charge in [-0.2, -0.15) is 11.3 Å². The van der Waals surface area contributed by atoms with Crippen LogP contribution in [0.4, 0.5) is 0 Å². The summed E-state index contributed by atoms with van der Waals surface area (Å²) >= 11 is 1.76. The SMILES string of the molecule is COCC(=O)N1CCC2(CC1)CN(Cc1ccsc1)C[C@H]2COC. The number of likely N-dealkylation sites (tertiary alicyclic amines) is 2. The Hall–Kier alpha value is -0.950. The monoisotopic (exact) mass is 352 g/mol. The molecule has 0 saturated carbocycles. The molecule has 1 amide bonds. The van der Waals surface area contributed by atoms with Crippen molar-refractivity contribution < 1.29 is 14.3 Å². The van der Waals surface area contributed by atoms with E-state index >= 15 is 0 Å². The van der Waals surface area contributed by atoms with Gasteiger partial charge in [0.25, 0.3) is 0 Å². The van der Waals surface area contributed by atoms with E-state index in [9.17, 15) is 4.79 Å². The minimum absolute atomic E-state index is 0.115. The van der Waals surface area contributed by atoms with Crippen molar-refractivity contribution in [3.05, 3.63) is 22.4 Å². The number of amides is 1. The highest BCUT2D eigenvalue weighted by atomic mass is 32.1. The summed E-state index contributed by atoms with van der Waals surface area (Å²) in [6.07, 6.45) is 2.13. The minimum Gasteiger partial charge on any atom is -0.384 e. The van der Waals surface area contributed by atoms with Crippen LogP contribution in [0.25, 0.3) is 0 Å². The lowest BCUT2D eigenvalue weighted by Crippen LogP contribution is -2.48. The van der Waals surface area contributed by atoms with Crippen LogP contribution in [0.3, 0.4) is 0 Å². The molecule has 134 valence electrons. The van der Waals surface area contributed by atoms with Crippen LogP contribution in [-0.2, 0) is 20.8 Å². The largest absolute Gasteiger partial charge is 0.384 e. The molecule has 3 rings (SSSR count). The Bertz CT molecular complexity index is 526. The topological polar surface area (TPSA) is 42.0 Å². The third-order valence-electron chi connectivity index (χ3n) is 5.62. The molecule has 0 bridgehead atoms. The van der Waals surface area contributed by atoms with Gasteiger partial charge in [0.2, 0.25) is 5.91 Å². The Morgan fingerprint density at radius 1 is 1.33 bits per heavy atom. The Labute approximate surface area is 148 Å². The van der Waals surface area contributed by atoms with E-state index in [1.165, 1.54) is 5.56 Å². The average molecular weight is 353 g/mol. The minimum atomic E-state index is 0.115. The Balaban J connectivity index is 1.63. The van der Waals surface area contributed by atoms with Gasteiger partial charge in [-0.05, 0) is 40.6 Å². The molecule has 24 heavy (non-hydrogen) atoms. The van der Waals surface area contributed by atoms with Crippen molar-refractivity contribution in [3.8, 4) is 0 Å². The van der Waals surface area contributed by atoms with Crippen molar-refractivity contribution >= 4 is 17.2 Å². The summed E-state index contributed by atoms with van der Waals surface area (Å²) in [5, 5.41) is 4.38. The fraction of sp³-hybridized carbons (Fsp3) is 0.722. The van der Waals surface area contributed by atoms with Gasteiger partial charge in [0.1, 0.15) is 6.61 Å². The van der Waals surface area contributed by atoms with Crippen LogP contribution in [0.15, 0.2) is 16.8 Å². The molecule has 1 aromatic heterocycles. The van der Waals surface area contributed by atoms with Crippen LogP contribution in [0.1, 0.15) is 18.4 Å². The first-order chi connectivity index (χ1) is 11.7. The van der Waals surface area contributed by atoms with Crippen molar-refractivity contribution in [2.24, 2.45) is 11.3 Å². The summed E-state index contributed by atoms with van der Waals surface area (Å²) in [5.74, 6) is 0.671. The molecule has 2 aliphatic rings. The molecule has 1 aromatic rings. The highest BCUT2D eigenvalue weighted by molar-refractivity contribution is 7.07. The third-order valence-corrected chi connectivity index (χ3v) is 6.35. The van der Waals surface area contributed by atoms with Gasteiger partial charge in [-0.25, -0.2) is 0 Å². The quantitative estimate of drug-likeness (QED) is 0.786. The first-order valence-electron chi connectivity index (χ1n) is 8.66. The number of ether oxygens (including phenoxy) is 2. The van der Waals surface area contributed by atoms with Crippen LogP contribution in [-0.4, -0.2) is 69.3 Å². The molecule has 0 N–H and O–H groups in total. The van der Waals surface area contributed by atoms with Gasteiger partial charge < -0.3 is 14.4 Å². The summed E-state index contributed by atoms with van der Waals surface area (Å²) in [7, 11) is 3.38. The van der Waals surface area contributed by atoms with Crippen LogP contribution < -0.4 is 0 Å². The molecule has 0 aromatic carbocycles. The normalized spacial score (nSPS) is 23.9. The molecule has 2 fully saturated rings. The van der Waals surface area contributed by atoms with E-state index in [-0.39, 0.29) is 17.9 Å². The maximum atomic E-state index is 12.1. The van der Waals surface area contributed by atoms with Gasteiger partial charge in [-0.1, -0.05) is 0 Å². The van der Waals surface area contributed by atoms with E-state index in [1.807, 2.05) is 4.90 Å². The zero-order valence-electron chi connectivity index (χ0n) is 14.7. The van der Waals surface area contributed by atoms with E-state index in [2.05, 4.69) is 21.7 Å². The van der Waals surface area contributed by atoms with E-state index in [1.54, 1.807) is 25.6 Å². The van der Waals surface area contributed by atoms with Crippen LogP contribution >= 0.6 is 11.3 Å². The summed E-state index contributed by atoms with van der Waals surface area (Å²) in [5.41, 5.74) is 1.69. The fourth-order valence-electron chi connectivity index (χ4n) is 4.32. The number of hydrogen-bond donors (Lipinski definition) is 0. The lowest BCUT2D eigenvalue weighted by atomic mass is 9.71. The summed E-state index contributed by atoms with van der Waals surface area (Å²) in [4.78, 5) is 16.6. The summed E-state index contributed by atoms with van der Waals surface area (Å²) in [6.45, 7) is 5.92. The van der Waals surface area contributed by atoms with Gasteiger partial charge in [0, 0.05) is 52.9 Å². The lowest BCUT2D eigenvalue weighted by Gasteiger charge is -2.42. The Morgan fingerprint density at radius 2 is 2.12 bits per heavy atom. The molecule has 2 saturated heterocycles. The summed E-state index contributed by atoms with van der Waals surface area (Å²) in [6, 6.07) is 2.22. The standard InChI is InChI=1S/C18H28N2O3S/c1-22-11-16-10-19(9-15-3-8-24-13-15)14-18(16)4-6-20(7-5-18)17(21)12-23-2/h3,8,13,16H,4-7,9-12,14H2,1-2H3/t16-/m0/s1. The molecule has 1 atom stereocenters. The second-order valence-corrected chi connectivity index (χ2v) is 7.91.